The van der Waals surface area contributed by atoms with Gasteiger partial charge in [-0.3, -0.25) is 18.6 Å². The zero-order chi connectivity index (χ0) is 67.2. The van der Waals surface area contributed by atoms with Crippen LogP contribution in [0.1, 0.15) is 322 Å². The van der Waals surface area contributed by atoms with E-state index >= 15 is 0 Å². The van der Waals surface area contributed by atoms with Crippen LogP contribution in [-0.4, -0.2) is 49.3 Å². The smallest absolute Gasteiger partial charge is 0.462 e. The molecule has 0 aromatic rings. The monoisotopic (exact) mass is 1310 g/mol. The second-order valence-corrected chi connectivity index (χ2v) is 26.2. The maximum Gasteiger partial charge on any atom is 0.472 e. The van der Waals surface area contributed by atoms with Crippen LogP contribution >= 0.6 is 7.82 Å². The number of ether oxygens (including phenoxy) is 2. The molecular weight excluding hydrogens is 1170 g/mol. The Kier molecular flexibility index (Phi) is 73.0. The van der Waals surface area contributed by atoms with E-state index in [4.69, 9.17) is 24.3 Å². The molecule has 9 nitrogen and oxygen atoms in total. The number of hydrogen-bond donors (Lipinski definition) is 2. The summed E-state index contributed by atoms with van der Waals surface area (Å²) < 4.78 is 33.2. The number of carbonyl (C=O) groups excluding carboxylic acids is 2. The number of hydrogen-bond acceptors (Lipinski definition) is 8. The molecule has 0 rings (SSSR count). The Morgan fingerprint density at radius 3 is 0.828 bits per heavy atom. The predicted octanol–water partition coefficient (Wildman–Crippen LogP) is 25.5. The van der Waals surface area contributed by atoms with Crippen LogP contribution in [0.5, 0.6) is 0 Å². The summed E-state index contributed by atoms with van der Waals surface area (Å²) in [5.41, 5.74) is 5.41. The standard InChI is InChI=1S/C83H140NO8P/c1-3-5-7-9-11-13-15-17-19-21-23-25-27-29-31-33-35-37-39-40-42-44-46-48-50-52-54-56-58-60-62-64-66-68-70-72-74-76-83(86)92-81(80-91-93(87,88)90-78-77-84)79-89-82(85)75-73-71-69-67-65-63-61-59-57-55-53-51-49-47-45-43-41-38-36-34-32-30-28-26-24-22-20-18-16-14-12-10-8-6-4-2/h5-8,11-14,17-20,23-26,29-32,35,37,40,42,46,48,81H,3-4,9-10,15-16,21-22,27-28,33-34,36,38-39,41,43-45,47,49-80,84H2,1-2H3,(H,87,88)/b7-5-,8-6-,13-11-,14-12-,19-17-,20-18-,25-23-,26-24-,31-29-,32-30-,37-35-,42-40-,48-46-. The number of phosphoric ester groups is 1. The fourth-order valence-corrected chi connectivity index (χ4v) is 11.2. The topological polar surface area (TPSA) is 134 Å². The third-order valence-corrected chi connectivity index (χ3v) is 16.9. The molecule has 0 aromatic carbocycles. The average Bonchev–Trinajstić information content (AvgIpc) is 3.04. The Balaban J connectivity index is 3.88. The van der Waals surface area contributed by atoms with E-state index in [1.54, 1.807) is 0 Å². The van der Waals surface area contributed by atoms with Crippen LogP contribution in [0.3, 0.4) is 0 Å². The Morgan fingerprint density at radius 2 is 0.559 bits per heavy atom. The van der Waals surface area contributed by atoms with Gasteiger partial charge in [0, 0.05) is 19.4 Å². The van der Waals surface area contributed by atoms with E-state index in [-0.39, 0.29) is 38.6 Å². The molecular formula is C83H140NO8P. The summed E-state index contributed by atoms with van der Waals surface area (Å²) >= 11 is 0. The van der Waals surface area contributed by atoms with Gasteiger partial charge in [0.25, 0.3) is 0 Å². The highest BCUT2D eigenvalue weighted by atomic mass is 31.2. The molecule has 0 saturated carbocycles. The summed E-state index contributed by atoms with van der Waals surface area (Å²) in [5, 5.41) is 0. The molecule has 0 aliphatic rings. The van der Waals surface area contributed by atoms with Crippen molar-refractivity contribution in [1.29, 1.82) is 0 Å². The molecule has 0 spiro atoms. The molecule has 0 aliphatic carbocycles. The summed E-state index contributed by atoms with van der Waals surface area (Å²) in [5.74, 6) is -0.826. The van der Waals surface area contributed by atoms with Crippen molar-refractivity contribution >= 4 is 19.8 Å². The lowest BCUT2D eigenvalue weighted by Gasteiger charge is -2.19. The van der Waals surface area contributed by atoms with Gasteiger partial charge in [-0.1, -0.05) is 345 Å². The first-order valence-electron chi connectivity index (χ1n) is 38.0. The lowest BCUT2D eigenvalue weighted by atomic mass is 10.0. The second-order valence-electron chi connectivity index (χ2n) is 24.8. The molecule has 93 heavy (non-hydrogen) atoms. The molecule has 0 radical (unpaired) electrons. The van der Waals surface area contributed by atoms with Crippen LogP contribution in [0.25, 0.3) is 0 Å². The molecule has 0 bridgehead atoms. The molecule has 0 amide bonds. The molecule has 0 aromatic heterocycles. The fourth-order valence-electron chi connectivity index (χ4n) is 10.4. The summed E-state index contributed by atoms with van der Waals surface area (Å²) in [7, 11) is -4.40. The molecule has 0 fully saturated rings. The molecule has 2 atom stereocenters. The van der Waals surface area contributed by atoms with Gasteiger partial charge < -0.3 is 20.1 Å². The largest absolute Gasteiger partial charge is 0.472 e. The van der Waals surface area contributed by atoms with Crippen LogP contribution in [0, 0.1) is 0 Å². The number of unbranched alkanes of at least 4 members (excludes halogenated alkanes) is 31. The Hall–Kier alpha value is -4.37. The molecule has 10 heteroatoms. The predicted molar refractivity (Wildman–Crippen MR) is 403 cm³/mol. The molecule has 0 aliphatic heterocycles. The molecule has 530 valence electrons. The molecule has 0 saturated heterocycles. The number of esters is 2. The minimum absolute atomic E-state index is 0.0481. The summed E-state index contributed by atoms with van der Waals surface area (Å²) in [6.07, 6.45) is 112. The molecule has 2 unspecified atom stereocenters. The number of allylic oxidation sites excluding steroid dienone is 26. The van der Waals surface area contributed by atoms with Gasteiger partial charge in [-0.25, -0.2) is 4.57 Å². The van der Waals surface area contributed by atoms with Crippen LogP contribution in [0.2, 0.25) is 0 Å². The molecule has 0 heterocycles. The Labute approximate surface area is 572 Å². The van der Waals surface area contributed by atoms with Crippen LogP contribution < -0.4 is 5.73 Å². The van der Waals surface area contributed by atoms with Gasteiger partial charge in [0.1, 0.15) is 6.61 Å². The maximum atomic E-state index is 12.8. The van der Waals surface area contributed by atoms with E-state index in [0.29, 0.717) is 6.42 Å². The van der Waals surface area contributed by atoms with Crippen molar-refractivity contribution in [3.63, 3.8) is 0 Å². The minimum atomic E-state index is -4.40. The van der Waals surface area contributed by atoms with Crippen molar-refractivity contribution in [3.05, 3.63) is 158 Å². The second kappa shape index (κ2) is 76.6. The van der Waals surface area contributed by atoms with Crippen molar-refractivity contribution in [2.75, 3.05) is 26.4 Å². The van der Waals surface area contributed by atoms with Gasteiger partial charge in [-0.05, 0) is 122 Å². The highest BCUT2D eigenvalue weighted by Crippen LogP contribution is 2.43. The number of carbonyl (C=O) groups is 2. The quantitative estimate of drug-likeness (QED) is 0.0264. The zero-order valence-corrected chi connectivity index (χ0v) is 60.6. The van der Waals surface area contributed by atoms with Crippen LogP contribution in [-0.2, 0) is 32.7 Å². The van der Waals surface area contributed by atoms with E-state index in [2.05, 4.69) is 172 Å². The van der Waals surface area contributed by atoms with Crippen molar-refractivity contribution in [2.24, 2.45) is 5.73 Å². The lowest BCUT2D eigenvalue weighted by molar-refractivity contribution is -0.161. The SMILES string of the molecule is CC/C=C\C/C=C\C/C=C\C/C=C\C/C=C\C/C=C\C/C=C\C/C=C\CCCCCCCCCCCCCCC(=O)OC(COC(=O)CCCCCCCCCCCCCCCCCCCCC/C=C\C/C=C\C/C=C\C/C=C\C/C=C\CC)COP(=O)(O)OCCN. The third-order valence-electron chi connectivity index (χ3n) is 15.9. The summed E-state index contributed by atoms with van der Waals surface area (Å²) in [6, 6.07) is 0. The zero-order valence-electron chi connectivity index (χ0n) is 59.7. The summed E-state index contributed by atoms with van der Waals surface area (Å²) in [6.45, 7) is 3.54. The van der Waals surface area contributed by atoms with Crippen LogP contribution in [0.4, 0.5) is 0 Å². The van der Waals surface area contributed by atoms with Gasteiger partial charge in [0.05, 0.1) is 13.2 Å². The van der Waals surface area contributed by atoms with Gasteiger partial charge >= 0.3 is 19.8 Å². The third kappa shape index (κ3) is 76.5. The van der Waals surface area contributed by atoms with E-state index in [0.717, 1.165) is 122 Å². The normalized spacial score (nSPS) is 13.8. The highest BCUT2D eigenvalue weighted by molar-refractivity contribution is 7.47. The Morgan fingerprint density at radius 1 is 0.323 bits per heavy atom. The average molecular weight is 1310 g/mol. The lowest BCUT2D eigenvalue weighted by Crippen LogP contribution is -2.29. The first-order valence-corrected chi connectivity index (χ1v) is 39.5. The summed E-state index contributed by atoms with van der Waals surface area (Å²) in [4.78, 5) is 35.4. The van der Waals surface area contributed by atoms with E-state index in [1.165, 1.54) is 167 Å². The number of phosphoric acid groups is 1. The number of rotatable bonds is 70. The van der Waals surface area contributed by atoms with Gasteiger partial charge in [0.15, 0.2) is 6.10 Å². The highest BCUT2D eigenvalue weighted by Gasteiger charge is 2.26. The number of nitrogens with two attached hydrogens (primary N) is 1. The van der Waals surface area contributed by atoms with Gasteiger partial charge in [0.2, 0.25) is 0 Å². The first kappa shape index (κ1) is 88.6. The van der Waals surface area contributed by atoms with E-state index in [9.17, 15) is 19.0 Å². The Bertz CT molecular complexity index is 2090. The maximum absolute atomic E-state index is 12.8. The van der Waals surface area contributed by atoms with Crippen molar-refractivity contribution in [3.8, 4) is 0 Å². The minimum Gasteiger partial charge on any atom is -0.462 e. The van der Waals surface area contributed by atoms with Crippen molar-refractivity contribution < 1.29 is 37.6 Å². The van der Waals surface area contributed by atoms with Gasteiger partial charge in [-0.15, -0.1) is 0 Å². The molecule has 3 N–H and O–H groups in total. The first-order chi connectivity index (χ1) is 45.8. The van der Waals surface area contributed by atoms with Crippen molar-refractivity contribution in [1.82, 2.24) is 0 Å². The fraction of sp³-hybridized carbons (Fsp3) is 0.663. The van der Waals surface area contributed by atoms with Gasteiger partial charge in [-0.2, -0.15) is 0 Å². The van der Waals surface area contributed by atoms with Crippen molar-refractivity contribution in [2.45, 2.75) is 328 Å². The van der Waals surface area contributed by atoms with Crippen LogP contribution in [0.15, 0.2) is 158 Å². The van der Waals surface area contributed by atoms with E-state index in [1.807, 2.05) is 0 Å². The van der Waals surface area contributed by atoms with E-state index < -0.39 is 26.5 Å².